The Morgan fingerprint density at radius 2 is 1.33 bits per heavy atom. The summed E-state index contributed by atoms with van der Waals surface area (Å²) in [7, 11) is 0. The van der Waals surface area contributed by atoms with E-state index in [0.717, 1.165) is 0 Å². The normalized spacial score (nSPS) is 10.8. The van der Waals surface area contributed by atoms with Crippen molar-refractivity contribution < 1.29 is 0 Å². The lowest BCUT2D eigenvalue weighted by Gasteiger charge is -2.11. The first-order valence-corrected chi connectivity index (χ1v) is 4.60. The van der Waals surface area contributed by atoms with Gasteiger partial charge in [0.25, 0.3) is 0 Å². The summed E-state index contributed by atoms with van der Waals surface area (Å²) in [6.45, 7) is 11.0. The molecule has 0 saturated heterocycles. The fourth-order valence-electron chi connectivity index (χ4n) is 1.40. The summed E-state index contributed by atoms with van der Waals surface area (Å²) in [5, 5.41) is 0. The third-order valence-electron chi connectivity index (χ3n) is 2.62. The van der Waals surface area contributed by atoms with Crippen molar-refractivity contribution in [2.75, 3.05) is 0 Å². The monoisotopic (exact) mass is 162 g/mol. The summed E-state index contributed by atoms with van der Waals surface area (Å²) in [5.41, 5.74) is 5.72. The van der Waals surface area contributed by atoms with Crippen LogP contribution in [0.2, 0.25) is 0 Å². The predicted octanol–water partition coefficient (Wildman–Crippen LogP) is 3.74. The van der Waals surface area contributed by atoms with E-state index >= 15 is 0 Å². The Balaban J connectivity index is 3.21. The lowest BCUT2D eigenvalue weighted by molar-refractivity contribution is 0.861. The molecule has 1 aromatic rings. The third-order valence-corrected chi connectivity index (χ3v) is 2.62. The molecule has 0 radical (unpaired) electrons. The molecule has 12 heavy (non-hydrogen) atoms. The molecule has 0 aliphatic carbocycles. The first-order chi connectivity index (χ1) is 5.52. The van der Waals surface area contributed by atoms with Crippen LogP contribution in [-0.4, -0.2) is 0 Å². The number of hydrogen-bond acceptors (Lipinski definition) is 0. The van der Waals surface area contributed by atoms with E-state index in [1.165, 1.54) is 22.3 Å². The zero-order chi connectivity index (χ0) is 9.30. The van der Waals surface area contributed by atoms with Crippen molar-refractivity contribution in [1.29, 1.82) is 0 Å². The molecule has 0 saturated carbocycles. The minimum atomic E-state index is 0.642. The minimum absolute atomic E-state index is 0.642. The largest absolute Gasteiger partial charge is 0.0587 e. The molecule has 1 aromatic carbocycles. The summed E-state index contributed by atoms with van der Waals surface area (Å²) in [4.78, 5) is 0. The van der Waals surface area contributed by atoms with Crippen LogP contribution < -0.4 is 0 Å². The zero-order valence-electron chi connectivity index (χ0n) is 8.73. The highest BCUT2D eigenvalue weighted by molar-refractivity contribution is 5.37. The molecule has 0 bridgehead atoms. The standard InChI is InChI=1S/C12H18/c1-8(2)12-6-9(3)11(5)10(4)7-12/h6-8H,1-5H3. The summed E-state index contributed by atoms with van der Waals surface area (Å²) >= 11 is 0. The van der Waals surface area contributed by atoms with Gasteiger partial charge < -0.3 is 0 Å². The van der Waals surface area contributed by atoms with Gasteiger partial charge in [-0.2, -0.15) is 0 Å². The average molecular weight is 162 g/mol. The number of aryl methyl sites for hydroxylation is 2. The number of rotatable bonds is 1. The Hall–Kier alpha value is -0.780. The molecule has 0 heteroatoms. The van der Waals surface area contributed by atoms with Gasteiger partial charge in [-0.1, -0.05) is 26.0 Å². The molecule has 0 spiro atoms. The van der Waals surface area contributed by atoms with E-state index < -0.39 is 0 Å². The highest BCUT2D eigenvalue weighted by atomic mass is 14.1. The molecule has 0 aromatic heterocycles. The van der Waals surface area contributed by atoms with Gasteiger partial charge in [0.1, 0.15) is 0 Å². The molecular formula is C12H18. The Morgan fingerprint density at radius 3 is 1.67 bits per heavy atom. The third kappa shape index (κ3) is 1.69. The van der Waals surface area contributed by atoms with Crippen molar-refractivity contribution in [2.24, 2.45) is 0 Å². The van der Waals surface area contributed by atoms with Crippen LogP contribution in [0, 0.1) is 20.8 Å². The van der Waals surface area contributed by atoms with E-state index in [9.17, 15) is 0 Å². The topological polar surface area (TPSA) is 0 Å². The molecule has 0 N–H and O–H groups in total. The van der Waals surface area contributed by atoms with Crippen LogP contribution in [0.5, 0.6) is 0 Å². The fraction of sp³-hybridized carbons (Fsp3) is 0.500. The Labute approximate surface area is 75.6 Å². The van der Waals surface area contributed by atoms with Gasteiger partial charge in [0, 0.05) is 0 Å². The van der Waals surface area contributed by atoms with Crippen molar-refractivity contribution >= 4 is 0 Å². The smallest absolute Gasteiger partial charge is 0.0219 e. The fourth-order valence-corrected chi connectivity index (χ4v) is 1.40. The van der Waals surface area contributed by atoms with E-state index in [4.69, 9.17) is 0 Å². The van der Waals surface area contributed by atoms with Crippen molar-refractivity contribution in [3.8, 4) is 0 Å². The molecule has 0 nitrogen and oxygen atoms in total. The Bertz CT molecular complexity index is 259. The summed E-state index contributed by atoms with van der Waals surface area (Å²) in [6, 6.07) is 4.60. The second-order valence-corrected chi connectivity index (χ2v) is 3.93. The van der Waals surface area contributed by atoms with Gasteiger partial charge >= 0.3 is 0 Å². The molecule has 1 rings (SSSR count). The first-order valence-electron chi connectivity index (χ1n) is 4.60. The van der Waals surface area contributed by atoms with Crippen LogP contribution in [0.15, 0.2) is 12.1 Å². The molecule has 0 amide bonds. The second-order valence-electron chi connectivity index (χ2n) is 3.93. The first kappa shape index (κ1) is 9.31. The maximum absolute atomic E-state index is 2.30. The van der Waals surface area contributed by atoms with Crippen LogP contribution in [0.1, 0.15) is 42.0 Å². The van der Waals surface area contributed by atoms with E-state index in [1.807, 2.05) is 0 Å². The maximum Gasteiger partial charge on any atom is -0.0219 e. The van der Waals surface area contributed by atoms with E-state index in [-0.39, 0.29) is 0 Å². The molecule has 66 valence electrons. The average Bonchev–Trinajstić information content (AvgIpc) is 1.99. The van der Waals surface area contributed by atoms with Gasteiger partial charge in [0.2, 0.25) is 0 Å². The summed E-state index contributed by atoms with van der Waals surface area (Å²) in [5.74, 6) is 0.642. The van der Waals surface area contributed by atoms with E-state index in [2.05, 4.69) is 46.8 Å². The van der Waals surface area contributed by atoms with Crippen molar-refractivity contribution in [3.05, 3.63) is 34.4 Å². The molecule has 0 fully saturated rings. The molecule has 0 unspecified atom stereocenters. The number of benzene rings is 1. The summed E-state index contributed by atoms with van der Waals surface area (Å²) in [6.07, 6.45) is 0. The van der Waals surface area contributed by atoms with Gasteiger partial charge in [-0.15, -0.1) is 0 Å². The van der Waals surface area contributed by atoms with Crippen molar-refractivity contribution in [1.82, 2.24) is 0 Å². The van der Waals surface area contributed by atoms with Gasteiger partial charge in [0.15, 0.2) is 0 Å². The SMILES string of the molecule is Cc1cc(C(C)C)cc(C)c1C. The van der Waals surface area contributed by atoms with Crippen molar-refractivity contribution in [2.45, 2.75) is 40.5 Å². The molecule has 0 heterocycles. The maximum atomic E-state index is 2.30. The molecule has 0 aliphatic rings. The highest BCUT2D eigenvalue weighted by Crippen LogP contribution is 2.21. The van der Waals surface area contributed by atoms with Crippen LogP contribution in [-0.2, 0) is 0 Å². The van der Waals surface area contributed by atoms with Crippen LogP contribution in [0.4, 0.5) is 0 Å². The van der Waals surface area contributed by atoms with E-state index in [1.54, 1.807) is 0 Å². The molecular weight excluding hydrogens is 144 g/mol. The van der Waals surface area contributed by atoms with Crippen LogP contribution >= 0.6 is 0 Å². The van der Waals surface area contributed by atoms with Gasteiger partial charge in [-0.05, 0) is 48.9 Å². The molecule has 0 aliphatic heterocycles. The lowest BCUT2D eigenvalue weighted by Crippen LogP contribution is -1.93. The van der Waals surface area contributed by atoms with Gasteiger partial charge in [0.05, 0.1) is 0 Å². The van der Waals surface area contributed by atoms with Crippen LogP contribution in [0.25, 0.3) is 0 Å². The minimum Gasteiger partial charge on any atom is -0.0587 e. The van der Waals surface area contributed by atoms with Crippen LogP contribution in [0.3, 0.4) is 0 Å². The van der Waals surface area contributed by atoms with Gasteiger partial charge in [-0.3, -0.25) is 0 Å². The second kappa shape index (κ2) is 3.30. The van der Waals surface area contributed by atoms with E-state index in [0.29, 0.717) is 5.92 Å². The highest BCUT2D eigenvalue weighted by Gasteiger charge is 2.03. The quantitative estimate of drug-likeness (QED) is 0.590. The van der Waals surface area contributed by atoms with Crippen molar-refractivity contribution in [3.63, 3.8) is 0 Å². The Morgan fingerprint density at radius 1 is 0.917 bits per heavy atom. The zero-order valence-corrected chi connectivity index (χ0v) is 8.73. The van der Waals surface area contributed by atoms with Gasteiger partial charge in [-0.25, -0.2) is 0 Å². The summed E-state index contributed by atoms with van der Waals surface area (Å²) < 4.78 is 0. The lowest BCUT2D eigenvalue weighted by atomic mass is 9.95. The number of hydrogen-bond donors (Lipinski definition) is 0. The predicted molar refractivity (Wildman–Crippen MR) is 54.7 cm³/mol. The Kier molecular flexibility index (Phi) is 2.56. The molecule has 0 atom stereocenters.